The smallest absolute Gasteiger partial charge is 0.209 e. The largest absolute Gasteiger partial charge is 0.347 e. The zero-order valence-electron chi connectivity index (χ0n) is 10.1. The van der Waals surface area contributed by atoms with Crippen molar-refractivity contribution in [3.8, 4) is 6.07 Å². The molecule has 0 atom stereocenters. The molecule has 2 aromatic heterocycles. The fourth-order valence-electron chi connectivity index (χ4n) is 1.92. The molecule has 5 nitrogen and oxygen atoms in total. The van der Waals surface area contributed by atoms with Crippen LogP contribution in [0.5, 0.6) is 0 Å². The maximum absolute atomic E-state index is 9.03. The van der Waals surface area contributed by atoms with Crippen LogP contribution in [0, 0.1) is 11.3 Å². The summed E-state index contributed by atoms with van der Waals surface area (Å²) in [5.74, 6) is 0. The van der Waals surface area contributed by atoms with Gasteiger partial charge in [-0.25, -0.2) is 4.98 Å². The van der Waals surface area contributed by atoms with Crippen LogP contribution in [-0.2, 0) is 0 Å². The van der Waals surface area contributed by atoms with Gasteiger partial charge in [0.05, 0.1) is 5.56 Å². The van der Waals surface area contributed by atoms with Crippen molar-refractivity contribution in [3.63, 3.8) is 0 Å². The van der Waals surface area contributed by atoms with Gasteiger partial charge in [0.1, 0.15) is 11.1 Å². The number of aromatic nitrogens is 3. The third kappa shape index (κ3) is 2.69. The Kier molecular flexibility index (Phi) is 3.62. The molecule has 2 aromatic rings. The van der Waals surface area contributed by atoms with E-state index in [1.807, 2.05) is 0 Å². The molecule has 0 unspecified atom stereocenters. The summed E-state index contributed by atoms with van der Waals surface area (Å²) >= 11 is 2.96. The van der Waals surface area contributed by atoms with Gasteiger partial charge in [-0.15, -0.1) is 10.2 Å². The molecule has 19 heavy (non-hydrogen) atoms. The summed E-state index contributed by atoms with van der Waals surface area (Å²) in [6, 6.07) is 5.66. The van der Waals surface area contributed by atoms with E-state index in [2.05, 4.69) is 26.2 Å². The van der Waals surface area contributed by atoms with Crippen LogP contribution in [-0.4, -0.2) is 28.3 Å². The van der Waals surface area contributed by atoms with E-state index in [-0.39, 0.29) is 0 Å². The topological polar surface area (TPSA) is 65.7 Å². The van der Waals surface area contributed by atoms with Gasteiger partial charge < -0.3 is 4.90 Å². The Hall–Kier alpha value is -1.65. The second kappa shape index (κ2) is 5.55. The lowest BCUT2D eigenvalue weighted by molar-refractivity contribution is 0.912. The zero-order chi connectivity index (χ0) is 13.1. The van der Waals surface area contributed by atoms with E-state index in [1.165, 1.54) is 24.6 Å². The molecule has 0 amide bonds. The van der Waals surface area contributed by atoms with E-state index in [0.29, 0.717) is 10.6 Å². The molecule has 1 aliphatic rings. The molecule has 96 valence electrons. The van der Waals surface area contributed by atoms with E-state index >= 15 is 0 Å². The Bertz CT molecular complexity index is 613. The molecule has 0 aliphatic carbocycles. The minimum absolute atomic E-state index is 0.574. The SMILES string of the molecule is N#Cc1cccnc1Sc1nnc(N2CCCC2)s1. The first-order valence-electron chi connectivity index (χ1n) is 5.98. The highest BCUT2D eigenvalue weighted by Gasteiger charge is 2.17. The molecule has 0 saturated carbocycles. The number of nitrogens with zero attached hydrogens (tertiary/aromatic N) is 5. The maximum atomic E-state index is 9.03. The van der Waals surface area contributed by atoms with Crippen LogP contribution in [0.25, 0.3) is 0 Å². The van der Waals surface area contributed by atoms with Crippen molar-refractivity contribution in [1.29, 1.82) is 5.26 Å². The first-order chi connectivity index (χ1) is 9.36. The number of hydrogen-bond donors (Lipinski definition) is 0. The predicted octanol–water partition coefficient (Wildman–Crippen LogP) is 2.56. The Morgan fingerprint density at radius 2 is 2.16 bits per heavy atom. The van der Waals surface area contributed by atoms with Crippen molar-refractivity contribution < 1.29 is 0 Å². The number of hydrogen-bond acceptors (Lipinski definition) is 7. The number of nitriles is 1. The van der Waals surface area contributed by atoms with E-state index in [4.69, 9.17) is 5.26 Å². The fraction of sp³-hybridized carbons (Fsp3) is 0.333. The van der Waals surface area contributed by atoms with Gasteiger partial charge in [-0.05, 0) is 36.7 Å². The molecule has 3 rings (SSSR count). The molecule has 0 radical (unpaired) electrons. The Morgan fingerprint density at radius 3 is 2.95 bits per heavy atom. The lowest BCUT2D eigenvalue weighted by Gasteiger charge is -2.10. The summed E-state index contributed by atoms with van der Waals surface area (Å²) in [7, 11) is 0. The predicted molar refractivity (Wildman–Crippen MR) is 74.4 cm³/mol. The van der Waals surface area contributed by atoms with Gasteiger partial charge >= 0.3 is 0 Å². The lowest BCUT2D eigenvalue weighted by Crippen LogP contribution is -2.17. The highest BCUT2D eigenvalue weighted by Crippen LogP contribution is 2.34. The van der Waals surface area contributed by atoms with Crippen LogP contribution >= 0.6 is 23.1 Å². The maximum Gasteiger partial charge on any atom is 0.209 e. The van der Waals surface area contributed by atoms with Crippen molar-refractivity contribution >= 4 is 28.2 Å². The average Bonchev–Trinajstić information content (AvgIpc) is 3.09. The minimum Gasteiger partial charge on any atom is -0.347 e. The third-order valence-corrected chi connectivity index (χ3v) is 4.90. The van der Waals surface area contributed by atoms with Gasteiger partial charge in [0, 0.05) is 19.3 Å². The summed E-state index contributed by atoms with van der Waals surface area (Å²) < 4.78 is 0.831. The van der Waals surface area contributed by atoms with E-state index in [1.54, 1.807) is 29.7 Å². The molecule has 1 aliphatic heterocycles. The Balaban J connectivity index is 1.78. The van der Waals surface area contributed by atoms with E-state index in [9.17, 15) is 0 Å². The van der Waals surface area contributed by atoms with Crippen LogP contribution in [0.3, 0.4) is 0 Å². The van der Waals surface area contributed by atoms with Crippen molar-refractivity contribution in [2.45, 2.75) is 22.2 Å². The summed E-state index contributed by atoms with van der Waals surface area (Å²) in [6.07, 6.45) is 4.13. The molecule has 3 heterocycles. The first kappa shape index (κ1) is 12.4. The molecule has 0 bridgehead atoms. The van der Waals surface area contributed by atoms with Gasteiger partial charge in [0.15, 0.2) is 4.34 Å². The van der Waals surface area contributed by atoms with Crippen LogP contribution in [0.2, 0.25) is 0 Å². The van der Waals surface area contributed by atoms with Gasteiger partial charge in [0.25, 0.3) is 0 Å². The van der Waals surface area contributed by atoms with Gasteiger partial charge in [-0.2, -0.15) is 5.26 Å². The second-order valence-corrected chi connectivity index (χ2v) is 6.31. The van der Waals surface area contributed by atoms with Crippen molar-refractivity contribution in [2.75, 3.05) is 18.0 Å². The third-order valence-electron chi connectivity index (χ3n) is 2.85. The number of anilines is 1. The zero-order valence-corrected chi connectivity index (χ0v) is 11.7. The highest BCUT2D eigenvalue weighted by molar-refractivity contribution is 8.01. The van der Waals surface area contributed by atoms with Crippen molar-refractivity contribution in [2.24, 2.45) is 0 Å². The minimum atomic E-state index is 0.574. The van der Waals surface area contributed by atoms with Crippen LogP contribution in [0.15, 0.2) is 27.7 Å². The highest BCUT2D eigenvalue weighted by atomic mass is 32.2. The van der Waals surface area contributed by atoms with Gasteiger partial charge in [0.2, 0.25) is 5.13 Å². The van der Waals surface area contributed by atoms with Crippen LogP contribution in [0.4, 0.5) is 5.13 Å². The van der Waals surface area contributed by atoms with E-state index in [0.717, 1.165) is 22.6 Å². The van der Waals surface area contributed by atoms with Crippen LogP contribution in [0.1, 0.15) is 18.4 Å². The molecular weight excluding hydrogens is 278 g/mol. The van der Waals surface area contributed by atoms with Crippen molar-refractivity contribution in [1.82, 2.24) is 15.2 Å². The number of pyridine rings is 1. The van der Waals surface area contributed by atoms with Gasteiger partial charge in [-0.3, -0.25) is 0 Å². The average molecular weight is 289 g/mol. The molecule has 1 saturated heterocycles. The lowest BCUT2D eigenvalue weighted by atomic mass is 10.3. The standard InChI is InChI=1S/C12H11N5S2/c13-8-9-4-3-5-14-10(9)18-12-16-15-11(19-12)17-6-1-2-7-17/h3-5H,1-2,6-7H2. The normalized spacial score (nSPS) is 14.6. The van der Waals surface area contributed by atoms with Crippen LogP contribution < -0.4 is 4.90 Å². The molecule has 0 N–H and O–H groups in total. The van der Waals surface area contributed by atoms with Crippen molar-refractivity contribution in [3.05, 3.63) is 23.9 Å². The Morgan fingerprint density at radius 1 is 1.32 bits per heavy atom. The Labute approximate surface area is 119 Å². The summed E-state index contributed by atoms with van der Waals surface area (Å²) in [5.41, 5.74) is 0.574. The summed E-state index contributed by atoms with van der Waals surface area (Å²) in [6.45, 7) is 2.12. The molecule has 7 heteroatoms. The number of rotatable bonds is 3. The molecule has 1 fully saturated rings. The molecule has 0 spiro atoms. The summed E-state index contributed by atoms with van der Waals surface area (Å²) in [4.78, 5) is 6.47. The monoisotopic (exact) mass is 289 g/mol. The second-order valence-electron chi connectivity index (χ2n) is 4.11. The first-order valence-corrected chi connectivity index (χ1v) is 7.61. The summed E-state index contributed by atoms with van der Waals surface area (Å²) in [5, 5.41) is 19.1. The fourth-order valence-corrected chi connectivity index (χ4v) is 3.76. The van der Waals surface area contributed by atoms with E-state index < -0.39 is 0 Å². The molecule has 0 aromatic carbocycles. The molecular formula is C12H11N5S2. The van der Waals surface area contributed by atoms with Gasteiger partial charge in [-0.1, -0.05) is 11.3 Å². The quantitative estimate of drug-likeness (QED) is 0.865.